The average Bonchev–Trinajstić information content (AvgIpc) is 2.68. The Kier molecular flexibility index (Phi) is 2.96. The van der Waals surface area contributed by atoms with Gasteiger partial charge in [-0.05, 0) is 85.4 Å². The first-order valence-corrected chi connectivity index (χ1v) is 9.37. The van der Waals surface area contributed by atoms with Crippen LogP contribution in [0.1, 0.15) is 78.6 Å². The second kappa shape index (κ2) is 4.36. The van der Waals surface area contributed by atoms with Gasteiger partial charge in [0.25, 0.3) is 0 Å². The van der Waals surface area contributed by atoms with Crippen LogP contribution >= 0.6 is 0 Å². The summed E-state index contributed by atoms with van der Waals surface area (Å²) in [4.78, 5) is 11.5. The summed E-state index contributed by atoms with van der Waals surface area (Å²) in [5.74, 6) is 2.95. The van der Waals surface area contributed by atoms with Crippen molar-refractivity contribution in [2.24, 2.45) is 39.9 Å². The lowest BCUT2D eigenvalue weighted by Gasteiger charge is -2.64. The summed E-state index contributed by atoms with van der Waals surface area (Å²) in [5.41, 5.74) is 1.64. The molecule has 4 aliphatic rings. The summed E-state index contributed by atoms with van der Waals surface area (Å²) in [6, 6.07) is 0. The molecule has 0 aromatic rings. The third kappa shape index (κ3) is 1.78. The molecule has 6 atom stereocenters. The summed E-state index contributed by atoms with van der Waals surface area (Å²) in [5, 5.41) is 0. The van der Waals surface area contributed by atoms with Crippen LogP contribution in [0.15, 0.2) is 0 Å². The van der Waals surface area contributed by atoms with Gasteiger partial charge in [0.1, 0.15) is 6.29 Å². The monoisotopic (exact) mass is 288 g/mol. The molecule has 0 aromatic carbocycles. The molecule has 0 aliphatic heterocycles. The first-order chi connectivity index (χ1) is 9.91. The highest BCUT2D eigenvalue weighted by Gasteiger charge is 2.63. The largest absolute Gasteiger partial charge is 0.303 e. The third-order valence-corrected chi connectivity index (χ3v) is 8.66. The van der Waals surface area contributed by atoms with E-state index in [1.165, 1.54) is 64.1 Å². The quantitative estimate of drug-likeness (QED) is 0.603. The van der Waals surface area contributed by atoms with E-state index in [1.54, 1.807) is 0 Å². The molecule has 2 bridgehead atoms. The van der Waals surface area contributed by atoms with Crippen molar-refractivity contribution in [3.63, 3.8) is 0 Å². The maximum Gasteiger partial charge on any atom is 0.123 e. The van der Waals surface area contributed by atoms with E-state index in [4.69, 9.17) is 0 Å². The van der Waals surface area contributed by atoms with Gasteiger partial charge in [0.2, 0.25) is 0 Å². The average molecular weight is 288 g/mol. The molecule has 4 fully saturated rings. The highest BCUT2D eigenvalue weighted by molar-refractivity contribution is 5.55. The summed E-state index contributed by atoms with van der Waals surface area (Å²) in [6.45, 7) is 7.70. The lowest BCUT2D eigenvalue weighted by Crippen LogP contribution is -2.55. The van der Waals surface area contributed by atoms with E-state index in [2.05, 4.69) is 20.8 Å². The molecule has 0 unspecified atom stereocenters. The maximum atomic E-state index is 11.5. The van der Waals surface area contributed by atoms with Crippen LogP contribution in [0.2, 0.25) is 0 Å². The Balaban J connectivity index is 1.71. The van der Waals surface area contributed by atoms with Crippen molar-refractivity contribution in [2.75, 3.05) is 0 Å². The fourth-order valence-corrected chi connectivity index (χ4v) is 7.98. The predicted octanol–water partition coefficient (Wildman–Crippen LogP) is 5.23. The second-order valence-corrected chi connectivity index (χ2v) is 9.90. The van der Waals surface area contributed by atoms with Crippen molar-refractivity contribution in [2.45, 2.75) is 78.6 Å². The van der Waals surface area contributed by atoms with Gasteiger partial charge in [-0.1, -0.05) is 27.2 Å². The first kappa shape index (κ1) is 14.3. The van der Waals surface area contributed by atoms with Crippen LogP contribution in [-0.2, 0) is 4.79 Å². The van der Waals surface area contributed by atoms with Gasteiger partial charge in [-0.2, -0.15) is 0 Å². The maximum absolute atomic E-state index is 11.5. The van der Waals surface area contributed by atoms with E-state index in [-0.39, 0.29) is 0 Å². The van der Waals surface area contributed by atoms with Gasteiger partial charge in [0.15, 0.2) is 0 Å². The van der Waals surface area contributed by atoms with Crippen molar-refractivity contribution in [1.82, 2.24) is 0 Å². The first-order valence-electron chi connectivity index (χ1n) is 9.37. The van der Waals surface area contributed by atoms with Gasteiger partial charge >= 0.3 is 0 Å². The van der Waals surface area contributed by atoms with E-state index in [0.29, 0.717) is 22.2 Å². The van der Waals surface area contributed by atoms with Gasteiger partial charge < -0.3 is 4.79 Å². The number of rotatable bonds is 1. The zero-order valence-electron chi connectivity index (χ0n) is 14.2. The Morgan fingerprint density at radius 3 is 2.48 bits per heavy atom. The number of carbonyl (C=O) groups is 1. The number of hydrogen-bond donors (Lipinski definition) is 0. The van der Waals surface area contributed by atoms with Crippen LogP contribution in [0.5, 0.6) is 0 Å². The molecule has 1 nitrogen and oxygen atoms in total. The molecule has 1 heteroatoms. The van der Waals surface area contributed by atoms with Gasteiger partial charge in [-0.15, -0.1) is 0 Å². The highest BCUT2D eigenvalue weighted by atomic mass is 16.1. The normalized spacial score (nSPS) is 54.6. The minimum Gasteiger partial charge on any atom is -0.303 e. The molecule has 0 N–H and O–H groups in total. The van der Waals surface area contributed by atoms with Crippen molar-refractivity contribution in [1.29, 1.82) is 0 Å². The Labute approximate surface area is 130 Å². The Hall–Kier alpha value is -0.330. The molecule has 4 aliphatic carbocycles. The van der Waals surface area contributed by atoms with Crippen LogP contribution in [0.3, 0.4) is 0 Å². The van der Waals surface area contributed by atoms with Crippen molar-refractivity contribution in [3.05, 3.63) is 0 Å². The van der Waals surface area contributed by atoms with Crippen LogP contribution in [-0.4, -0.2) is 6.29 Å². The number of hydrogen-bond acceptors (Lipinski definition) is 1. The molecular weight excluding hydrogens is 256 g/mol. The lowest BCUT2D eigenvalue weighted by molar-refractivity contribution is -0.144. The summed E-state index contributed by atoms with van der Waals surface area (Å²) >= 11 is 0. The zero-order valence-corrected chi connectivity index (χ0v) is 14.2. The standard InChI is InChI=1S/C20H32O/c1-18(2)8-4-9-19(3)16(18)7-10-20-11-14(5-6-17(19)20)15(12-20)13-21/h13-17H,4-12H2,1-3H3/t14-,15-,16-,17+,19-,20+/m0/s1. The van der Waals surface area contributed by atoms with Crippen molar-refractivity contribution < 1.29 is 4.79 Å². The summed E-state index contributed by atoms with van der Waals surface area (Å²) < 4.78 is 0. The van der Waals surface area contributed by atoms with Gasteiger partial charge in [-0.25, -0.2) is 0 Å². The van der Waals surface area contributed by atoms with Crippen molar-refractivity contribution in [3.8, 4) is 0 Å². The summed E-state index contributed by atoms with van der Waals surface area (Å²) in [6.07, 6.45) is 13.8. The number of aldehydes is 1. The van der Waals surface area contributed by atoms with Crippen LogP contribution in [0, 0.1) is 39.9 Å². The topological polar surface area (TPSA) is 17.1 Å². The Morgan fingerprint density at radius 1 is 0.905 bits per heavy atom. The number of carbonyl (C=O) groups excluding carboxylic acids is 1. The molecule has 0 saturated heterocycles. The number of fused-ring (bicyclic) bond motifs is 3. The SMILES string of the molecule is CC1(C)CCC[C@@]2(C)[C@H]1CC[C@]13C[C@H](CC[C@@H]12)[C@H](C=O)C3. The Morgan fingerprint density at radius 2 is 1.71 bits per heavy atom. The minimum absolute atomic E-state index is 0.395. The molecular formula is C20H32O. The fraction of sp³-hybridized carbons (Fsp3) is 0.950. The van der Waals surface area contributed by atoms with E-state index >= 15 is 0 Å². The Bertz CT molecular complexity index is 453. The van der Waals surface area contributed by atoms with Gasteiger partial charge in [0, 0.05) is 5.92 Å². The van der Waals surface area contributed by atoms with Crippen LogP contribution < -0.4 is 0 Å². The second-order valence-electron chi connectivity index (χ2n) is 9.90. The molecule has 0 radical (unpaired) electrons. The van der Waals surface area contributed by atoms with Crippen LogP contribution in [0.4, 0.5) is 0 Å². The van der Waals surface area contributed by atoms with E-state index in [0.717, 1.165) is 17.8 Å². The fourth-order valence-electron chi connectivity index (χ4n) is 7.98. The minimum atomic E-state index is 0.395. The molecule has 4 saturated carbocycles. The third-order valence-electron chi connectivity index (χ3n) is 8.66. The highest BCUT2D eigenvalue weighted by Crippen LogP contribution is 2.72. The van der Waals surface area contributed by atoms with Crippen LogP contribution in [0.25, 0.3) is 0 Å². The molecule has 4 rings (SSSR count). The zero-order chi connectivity index (χ0) is 14.9. The predicted molar refractivity (Wildman–Crippen MR) is 85.9 cm³/mol. The molecule has 0 amide bonds. The van der Waals surface area contributed by atoms with Gasteiger partial charge in [0.05, 0.1) is 0 Å². The summed E-state index contributed by atoms with van der Waals surface area (Å²) in [7, 11) is 0. The smallest absolute Gasteiger partial charge is 0.123 e. The molecule has 21 heavy (non-hydrogen) atoms. The van der Waals surface area contributed by atoms with Gasteiger partial charge in [-0.3, -0.25) is 0 Å². The van der Waals surface area contributed by atoms with E-state index < -0.39 is 0 Å². The molecule has 0 aromatic heterocycles. The lowest BCUT2D eigenvalue weighted by atomic mass is 9.41. The molecule has 118 valence electrons. The van der Waals surface area contributed by atoms with Crippen molar-refractivity contribution >= 4 is 6.29 Å². The molecule has 0 heterocycles. The van der Waals surface area contributed by atoms with E-state index in [1.807, 2.05) is 0 Å². The van der Waals surface area contributed by atoms with E-state index in [9.17, 15) is 4.79 Å². The molecule has 1 spiro atoms.